The molecule has 1 aliphatic heterocycles. The van der Waals surface area contributed by atoms with Crippen LogP contribution in [0.1, 0.15) is 46.2 Å². The molecule has 0 aliphatic carbocycles. The van der Waals surface area contributed by atoms with E-state index in [1.165, 1.54) is 5.56 Å². The quantitative estimate of drug-likeness (QED) is 0.823. The first-order valence-electron chi connectivity index (χ1n) is 7.66. The van der Waals surface area contributed by atoms with Crippen LogP contribution in [0.5, 0.6) is 0 Å². The van der Waals surface area contributed by atoms with Crippen LogP contribution in [0, 0.1) is 13.8 Å². The van der Waals surface area contributed by atoms with Crippen LogP contribution in [0.15, 0.2) is 24.3 Å². The van der Waals surface area contributed by atoms with Crippen molar-refractivity contribution in [1.82, 2.24) is 14.7 Å². The molecule has 5 nitrogen and oxygen atoms in total. The number of aryl methyl sites for hydroxylation is 2. The molecule has 1 unspecified atom stereocenters. The van der Waals surface area contributed by atoms with Gasteiger partial charge >= 0.3 is 0 Å². The van der Waals surface area contributed by atoms with Crippen molar-refractivity contribution in [3.8, 4) is 0 Å². The molecule has 3 rings (SSSR count). The standard InChI is InChI=1S/C17H22N4O.2ClH/c1-11-16(12(2)20(3)19-11)15-9-6-10-21(15)17(22)13-7-4-5-8-14(13)18;;/h4-5,7-8,15H,6,9-10,18H2,1-3H3;2*1H. The molecule has 2 N–H and O–H groups in total. The lowest BCUT2D eigenvalue weighted by atomic mass is 10.0. The summed E-state index contributed by atoms with van der Waals surface area (Å²) in [6, 6.07) is 7.38. The molecule has 1 aromatic heterocycles. The maximum atomic E-state index is 12.9. The number of rotatable bonds is 2. The molecular weight excluding hydrogens is 347 g/mol. The Labute approximate surface area is 155 Å². The number of hydrogen-bond acceptors (Lipinski definition) is 3. The van der Waals surface area contributed by atoms with Gasteiger partial charge in [0.05, 0.1) is 17.3 Å². The third kappa shape index (κ3) is 3.37. The maximum absolute atomic E-state index is 12.9. The molecule has 0 radical (unpaired) electrons. The van der Waals surface area contributed by atoms with Crippen molar-refractivity contribution >= 4 is 36.4 Å². The summed E-state index contributed by atoms with van der Waals surface area (Å²) in [5, 5.41) is 4.49. The normalized spacial score (nSPS) is 16.5. The molecule has 1 aromatic carbocycles. The van der Waals surface area contributed by atoms with Crippen molar-refractivity contribution in [2.45, 2.75) is 32.7 Å². The van der Waals surface area contributed by atoms with E-state index in [2.05, 4.69) is 12.0 Å². The van der Waals surface area contributed by atoms with Crippen molar-refractivity contribution in [3.63, 3.8) is 0 Å². The first-order chi connectivity index (χ1) is 10.5. The second-order valence-corrected chi connectivity index (χ2v) is 5.95. The number of para-hydroxylation sites is 1. The molecule has 0 bridgehead atoms. The summed E-state index contributed by atoms with van der Waals surface area (Å²) in [4.78, 5) is 14.8. The lowest BCUT2D eigenvalue weighted by Crippen LogP contribution is -2.31. The zero-order chi connectivity index (χ0) is 15.9. The lowest BCUT2D eigenvalue weighted by Gasteiger charge is -2.26. The van der Waals surface area contributed by atoms with Crippen molar-refractivity contribution in [2.24, 2.45) is 7.05 Å². The minimum absolute atomic E-state index is 0. The Morgan fingerprint density at radius 2 is 1.92 bits per heavy atom. The number of nitrogens with zero attached hydrogens (tertiary/aromatic N) is 3. The lowest BCUT2D eigenvalue weighted by molar-refractivity contribution is 0.0736. The zero-order valence-electron chi connectivity index (χ0n) is 14.2. The van der Waals surface area contributed by atoms with Gasteiger partial charge in [-0.15, -0.1) is 24.8 Å². The van der Waals surface area contributed by atoms with Gasteiger partial charge in [0, 0.05) is 30.5 Å². The smallest absolute Gasteiger partial charge is 0.256 e. The van der Waals surface area contributed by atoms with Crippen LogP contribution in [0.2, 0.25) is 0 Å². The predicted octanol–water partition coefficient (Wildman–Crippen LogP) is 3.44. The number of nitrogens with two attached hydrogens (primary N) is 1. The largest absolute Gasteiger partial charge is 0.398 e. The minimum Gasteiger partial charge on any atom is -0.398 e. The summed E-state index contributed by atoms with van der Waals surface area (Å²) in [5.74, 6) is 0.0169. The van der Waals surface area contributed by atoms with E-state index in [0.717, 1.165) is 30.8 Å². The third-order valence-electron chi connectivity index (χ3n) is 4.60. The molecule has 1 saturated heterocycles. The molecular formula is C17H24Cl2N4O. The second-order valence-electron chi connectivity index (χ2n) is 5.95. The molecule has 1 fully saturated rings. The number of benzene rings is 1. The van der Waals surface area contributed by atoms with E-state index in [1.54, 1.807) is 12.1 Å². The van der Waals surface area contributed by atoms with Crippen molar-refractivity contribution in [2.75, 3.05) is 12.3 Å². The van der Waals surface area contributed by atoms with Crippen LogP contribution in [0.25, 0.3) is 0 Å². The molecule has 0 spiro atoms. The van der Waals surface area contributed by atoms with Gasteiger partial charge in [-0.2, -0.15) is 5.10 Å². The van der Waals surface area contributed by atoms with Crippen molar-refractivity contribution in [1.29, 1.82) is 0 Å². The highest BCUT2D eigenvalue weighted by molar-refractivity contribution is 5.99. The molecule has 0 saturated carbocycles. The Balaban J connectivity index is 0.00000144. The van der Waals surface area contributed by atoms with E-state index in [-0.39, 0.29) is 36.8 Å². The van der Waals surface area contributed by atoms with Gasteiger partial charge in [0.2, 0.25) is 0 Å². The molecule has 1 atom stereocenters. The second kappa shape index (κ2) is 7.90. The zero-order valence-corrected chi connectivity index (χ0v) is 15.8. The Bertz CT molecular complexity index is 729. The summed E-state index contributed by atoms with van der Waals surface area (Å²) < 4.78 is 1.89. The fourth-order valence-corrected chi connectivity index (χ4v) is 3.43. The average molecular weight is 371 g/mol. The van der Waals surface area contributed by atoms with E-state index < -0.39 is 0 Å². The number of anilines is 1. The van der Waals surface area contributed by atoms with Crippen molar-refractivity contribution in [3.05, 3.63) is 46.8 Å². The number of carbonyl (C=O) groups excluding carboxylic acids is 1. The molecule has 132 valence electrons. The predicted molar refractivity (Wildman–Crippen MR) is 101 cm³/mol. The first kappa shape index (κ1) is 20.3. The Morgan fingerprint density at radius 3 is 2.50 bits per heavy atom. The van der Waals surface area contributed by atoms with Gasteiger partial charge in [0.15, 0.2) is 0 Å². The van der Waals surface area contributed by atoms with Crippen LogP contribution >= 0.6 is 24.8 Å². The number of hydrogen-bond donors (Lipinski definition) is 1. The van der Waals surface area contributed by atoms with E-state index in [9.17, 15) is 4.79 Å². The van der Waals surface area contributed by atoms with Gasteiger partial charge in [-0.3, -0.25) is 9.48 Å². The Kier molecular flexibility index (Phi) is 6.69. The van der Waals surface area contributed by atoms with Gasteiger partial charge < -0.3 is 10.6 Å². The highest BCUT2D eigenvalue weighted by atomic mass is 35.5. The maximum Gasteiger partial charge on any atom is 0.256 e. The molecule has 7 heteroatoms. The average Bonchev–Trinajstić information content (AvgIpc) is 3.04. The van der Waals surface area contributed by atoms with Crippen LogP contribution in [-0.2, 0) is 7.05 Å². The van der Waals surface area contributed by atoms with Gasteiger partial charge in [-0.05, 0) is 38.8 Å². The highest BCUT2D eigenvalue weighted by Crippen LogP contribution is 2.36. The number of halogens is 2. The summed E-state index contributed by atoms with van der Waals surface area (Å²) in [7, 11) is 1.95. The molecule has 2 heterocycles. The first-order valence-corrected chi connectivity index (χ1v) is 7.66. The molecule has 1 amide bonds. The fourth-order valence-electron chi connectivity index (χ4n) is 3.43. The van der Waals surface area contributed by atoms with Gasteiger partial charge in [0.25, 0.3) is 5.91 Å². The number of nitrogen functional groups attached to an aromatic ring is 1. The number of likely N-dealkylation sites (tertiary alicyclic amines) is 1. The minimum atomic E-state index is 0. The van der Waals surface area contributed by atoms with Crippen molar-refractivity contribution < 1.29 is 4.79 Å². The van der Waals surface area contributed by atoms with E-state index in [4.69, 9.17) is 5.73 Å². The number of carbonyl (C=O) groups is 1. The number of aromatic nitrogens is 2. The Morgan fingerprint density at radius 1 is 1.25 bits per heavy atom. The number of amides is 1. The molecule has 1 aliphatic rings. The summed E-state index contributed by atoms with van der Waals surface area (Å²) in [6.07, 6.45) is 1.99. The third-order valence-corrected chi connectivity index (χ3v) is 4.60. The van der Waals surface area contributed by atoms with E-state index in [0.29, 0.717) is 11.3 Å². The van der Waals surface area contributed by atoms with Crippen LogP contribution < -0.4 is 5.73 Å². The fraction of sp³-hybridized carbons (Fsp3) is 0.412. The van der Waals surface area contributed by atoms with Gasteiger partial charge in [-0.1, -0.05) is 12.1 Å². The molecule has 2 aromatic rings. The van der Waals surface area contributed by atoms with Gasteiger partial charge in [0.1, 0.15) is 0 Å². The summed E-state index contributed by atoms with van der Waals surface area (Å²) in [6.45, 7) is 4.85. The summed E-state index contributed by atoms with van der Waals surface area (Å²) >= 11 is 0. The highest BCUT2D eigenvalue weighted by Gasteiger charge is 2.34. The monoisotopic (exact) mass is 370 g/mol. The van der Waals surface area contributed by atoms with E-state index >= 15 is 0 Å². The van der Waals surface area contributed by atoms with Gasteiger partial charge in [-0.25, -0.2) is 0 Å². The SMILES string of the molecule is Cc1nn(C)c(C)c1C1CCCN1C(=O)c1ccccc1N.Cl.Cl. The molecule has 24 heavy (non-hydrogen) atoms. The summed E-state index contributed by atoms with van der Waals surface area (Å²) in [5.41, 5.74) is 10.4. The van der Waals surface area contributed by atoms with Crippen LogP contribution in [0.4, 0.5) is 5.69 Å². The van der Waals surface area contributed by atoms with E-state index in [1.807, 2.05) is 35.7 Å². The Hall–Kier alpha value is -1.72. The topological polar surface area (TPSA) is 64.2 Å². The van der Waals surface area contributed by atoms with Crippen LogP contribution in [0.3, 0.4) is 0 Å². The van der Waals surface area contributed by atoms with Crippen LogP contribution in [-0.4, -0.2) is 27.1 Å².